The van der Waals surface area contributed by atoms with Gasteiger partial charge in [-0.15, -0.1) is 0 Å². The first-order valence-corrected chi connectivity index (χ1v) is 9.59. The molecule has 0 radical (unpaired) electrons. The topological polar surface area (TPSA) is 66.9 Å². The van der Waals surface area contributed by atoms with E-state index in [0.29, 0.717) is 28.9 Å². The Balaban J connectivity index is 1.61. The zero-order valence-electron chi connectivity index (χ0n) is 15.9. The zero-order chi connectivity index (χ0) is 19.9. The van der Waals surface area contributed by atoms with Crippen LogP contribution in [0.1, 0.15) is 40.4 Å². The molecule has 1 heterocycles. The van der Waals surface area contributed by atoms with Crippen LogP contribution in [0.2, 0.25) is 5.02 Å². The first kappa shape index (κ1) is 19.8. The number of nitrogens with one attached hydrogen (secondary N) is 2. The molecule has 28 heavy (non-hydrogen) atoms. The number of hydrogen-bond acceptors (Lipinski definition) is 4. The number of carbonyl (C=O) groups is 1. The average molecular weight is 395 g/mol. The van der Waals surface area contributed by atoms with Crippen molar-refractivity contribution in [3.05, 3.63) is 88.3 Å². The Morgan fingerprint density at radius 3 is 2.50 bits per heavy atom. The lowest BCUT2D eigenvalue weighted by atomic mass is 10.1. The second-order valence-corrected chi connectivity index (χ2v) is 7.03. The molecule has 2 aromatic carbocycles. The van der Waals surface area contributed by atoms with Gasteiger partial charge in [0.25, 0.3) is 5.91 Å². The fourth-order valence-corrected chi connectivity index (χ4v) is 2.99. The summed E-state index contributed by atoms with van der Waals surface area (Å²) in [6.07, 6.45) is 0.725. The van der Waals surface area contributed by atoms with Crippen LogP contribution in [-0.4, -0.2) is 22.4 Å². The highest BCUT2D eigenvalue weighted by molar-refractivity contribution is 6.30. The molecular weight excluding hydrogens is 372 g/mol. The summed E-state index contributed by atoms with van der Waals surface area (Å²) >= 11 is 5.89. The van der Waals surface area contributed by atoms with Crippen molar-refractivity contribution in [3.8, 4) is 0 Å². The molecule has 3 rings (SSSR count). The molecule has 0 bridgehead atoms. The van der Waals surface area contributed by atoms with Crippen LogP contribution in [0, 0.1) is 6.92 Å². The number of halogens is 1. The van der Waals surface area contributed by atoms with Gasteiger partial charge >= 0.3 is 0 Å². The third-order valence-electron chi connectivity index (χ3n) is 4.35. The highest BCUT2D eigenvalue weighted by Gasteiger charge is 2.12. The molecule has 3 aromatic rings. The average Bonchev–Trinajstić information content (AvgIpc) is 2.69. The zero-order valence-corrected chi connectivity index (χ0v) is 16.7. The minimum atomic E-state index is -0.213. The highest BCUT2D eigenvalue weighted by Crippen LogP contribution is 2.18. The maximum atomic E-state index is 12.5. The van der Waals surface area contributed by atoms with Crippen LogP contribution in [0.5, 0.6) is 0 Å². The van der Waals surface area contributed by atoms with Crippen LogP contribution >= 0.6 is 11.6 Å². The number of anilines is 1. The van der Waals surface area contributed by atoms with Crippen molar-refractivity contribution in [2.75, 3.05) is 11.9 Å². The largest absolute Gasteiger partial charge is 0.363 e. The van der Waals surface area contributed by atoms with Gasteiger partial charge in [-0.2, -0.15) is 0 Å². The lowest BCUT2D eigenvalue weighted by molar-refractivity contribution is 0.0949. The fraction of sp³-hybridized carbons (Fsp3) is 0.227. The van der Waals surface area contributed by atoms with Crippen molar-refractivity contribution in [1.82, 2.24) is 15.3 Å². The number of rotatable bonds is 7. The normalized spacial score (nSPS) is 11.7. The molecule has 0 aliphatic carbocycles. The van der Waals surface area contributed by atoms with Crippen LogP contribution in [0.15, 0.2) is 60.7 Å². The number of nitrogens with zero attached hydrogens (tertiary/aromatic N) is 2. The van der Waals surface area contributed by atoms with E-state index in [1.807, 2.05) is 42.5 Å². The van der Waals surface area contributed by atoms with Gasteiger partial charge in [-0.1, -0.05) is 54.1 Å². The molecule has 2 N–H and O–H groups in total. The minimum absolute atomic E-state index is 0.0660. The van der Waals surface area contributed by atoms with E-state index in [-0.39, 0.29) is 11.9 Å². The molecule has 0 aliphatic heterocycles. The third kappa shape index (κ3) is 5.54. The minimum Gasteiger partial charge on any atom is -0.363 e. The predicted octanol–water partition coefficient (Wildman–Crippen LogP) is 4.58. The number of hydrogen-bond donors (Lipinski definition) is 2. The molecule has 0 saturated carbocycles. The van der Waals surface area contributed by atoms with Crippen LogP contribution in [0.4, 0.5) is 5.82 Å². The SMILES string of the molecule is Cc1nc(NC(C)c2ccccc2)cc(C(=O)NCCc2ccc(Cl)cc2)n1. The Kier molecular flexibility index (Phi) is 6.61. The predicted molar refractivity (Wildman–Crippen MR) is 113 cm³/mol. The lowest BCUT2D eigenvalue weighted by Crippen LogP contribution is -2.27. The first-order valence-electron chi connectivity index (χ1n) is 9.21. The van der Waals surface area contributed by atoms with Crippen molar-refractivity contribution in [3.63, 3.8) is 0 Å². The Morgan fingerprint density at radius 2 is 1.79 bits per heavy atom. The van der Waals surface area contributed by atoms with Crippen molar-refractivity contribution in [2.45, 2.75) is 26.3 Å². The van der Waals surface area contributed by atoms with Crippen LogP contribution < -0.4 is 10.6 Å². The molecule has 5 nitrogen and oxygen atoms in total. The summed E-state index contributed by atoms with van der Waals surface area (Å²) < 4.78 is 0. The van der Waals surface area contributed by atoms with Gasteiger partial charge in [0.15, 0.2) is 0 Å². The molecule has 144 valence electrons. The van der Waals surface area contributed by atoms with E-state index >= 15 is 0 Å². The van der Waals surface area contributed by atoms with Gasteiger partial charge in [0.2, 0.25) is 0 Å². The number of aryl methyl sites for hydroxylation is 1. The highest BCUT2D eigenvalue weighted by atomic mass is 35.5. The van der Waals surface area contributed by atoms with E-state index in [4.69, 9.17) is 11.6 Å². The maximum absolute atomic E-state index is 12.5. The molecule has 1 aromatic heterocycles. The van der Waals surface area contributed by atoms with E-state index < -0.39 is 0 Å². The first-order chi connectivity index (χ1) is 13.5. The Hall–Kier alpha value is -2.92. The number of benzene rings is 2. The Morgan fingerprint density at radius 1 is 1.07 bits per heavy atom. The van der Waals surface area contributed by atoms with E-state index in [2.05, 4.69) is 39.7 Å². The maximum Gasteiger partial charge on any atom is 0.270 e. The fourth-order valence-electron chi connectivity index (χ4n) is 2.87. The summed E-state index contributed by atoms with van der Waals surface area (Å²) in [5, 5.41) is 6.95. The second-order valence-electron chi connectivity index (χ2n) is 6.59. The van der Waals surface area contributed by atoms with Crippen molar-refractivity contribution < 1.29 is 4.79 Å². The van der Waals surface area contributed by atoms with Gasteiger partial charge in [-0.05, 0) is 43.5 Å². The molecule has 0 saturated heterocycles. The summed E-state index contributed by atoms with van der Waals surface area (Å²) in [5.41, 5.74) is 2.61. The van der Waals surface area contributed by atoms with Gasteiger partial charge in [-0.3, -0.25) is 4.79 Å². The number of amides is 1. The van der Waals surface area contributed by atoms with E-state index in [1.54, 1.807) is 13.0 Å². The standard InChI is InChI=1S/C22H23ClN4O/c1-15(18-6-4-3-5-7-18)25-21-14-20(26-16(2)27-21)22(28)24-13-12-17-8-10-19(23)11-9-17/h3-11,14-15H,12-13H2,1-2H3,(H,24,28)(H,25,26,27). The summed E-state index contributed by atoms with van der Waals surface area (Å²) in [6, 6.07) is 19.4. The molecule has 6 heteroatoms. The molecule has 0 spiro atoms. The van der Waals surface area contributed by atoms with Gasteiger partial charge < -0.3 is 10.6 Å². The smallest absolute Gasteiger partial charge is 0.270 e. The van der Waals surface area contributed by atoms with Crippen LogP contribution in [0.3, 0.4) is 0 Å². The Labute approximate surface area is 170 Å². The van der Waals surface area contributed by atoms with E-state index in [1.165, 1.54) is 0 Å². The number of aromatic nitrogens is 2. The third-order valence-corrected chi connectivity index (χ3v) is 4.60. The molecule has 1 unspecified atom stereocenters. The molecule has 1 atom stereocenters. The second kappa shape index (κ2) is 9.33. The summed E-state index contributed by atoms with van der Waals surface area (Å²) in [6.45, 7) is 4.36. The van der Waals surface area contributed by atoms with Crippen molar-refractivity contribution in [2.24, 2.45) is 0 Å². The van der Waals surface area contributed by atoms with Gasteiger partial charge in [-0.25, -0.2) is 9.97 Å². The Bertz CT molecular complexity index is 929. The van der Waals surface area contributed by atoms with Gasteiger partial charge in [0.05, 0.1) is 0 Å². The van der Waals surface area contributed by atoms with E-state index in [0.717, 1.165) is 17.5 Å². The summed E-state index contributed by atoms with van der Waals surface area (Å²) in [7, 11) is 0. The van der Waals surface area contributed by atoms with E-state index in [9.17, 15) is 4.79 Å². The number of carbonyl (C=O) groups excluding carboxylic acids is 1. The molecule has 1 amide bonds. The van der Waals surface area contributed by atoms with Crippen LogP contribution in [0.25, 0.3) is 0 Å². The molecular formula is C22H23ClN4O. The van der Waals surface area contributed by atoms with Crippen molar-refractivity contribution >= 4 is 23.3 Å². The quantitative estimate of drug-likeness (QED) is 0.615. The monoisotopic (exact) mass is 394 g/mol. The molecule has 0 aliphatic rings. The molecule has 0 fully saturated rings. The van der Waals surface area contributed by atoms with Gasteiger partial charge in [0.1, 0.15) is 17.3 Å². The van der Waals surface area contributed by atoms with Crippen molar-refractivity contribution in [1.29, 1.82) is 0 Å². The summed E-state index contributed by atoms with van der Waals surface area (Å²) in [4.78, 5) is 21.2. The lowest BCUT2D eigenvalue weighted by Gasteiger charge is -2.16. The van der Waals surface area contributed by atoms with Crippen LogP contribution in [-0.2, 0) is 6.42 Å². The summed E-state index contributed by atoms with van der Waals surface area (Å²) in [5.74, 6) is 0.967. The van der Waals surface area contributed by atoms with Gasteiger partial charge in [0, 0.05) is 23.7 Å².